The number of aryl methyl sites for hydroxylation is 2. The van der Waals surface area contributed by atoms with E-state index in [-0.39, 0.29) is 5.91 Å². The Morgan fingerprint density at radius 1 is 1.47 bits per heavy atom. The molecule has 1 amide bonds. The largest absolute Gasteiger partial charge is 0.352 e. The van der Waals surface area contributed by atoms with Crippen LogP contribution in [0.4, 0.5) is 0 Å². The van der Waals surface area contributed by atoms with Crippen molar-refractivity contribution in [2.45, 2.75) is 40.7 Å². The van der Waals surface area contributed by atoms with Crippen molar-refractivity contribution in [2.75, 3.05) is 0 Å². The first kappa shape index (κ1) is 11.8. The van der Waals surface area contributed by atoms with Gasteiger partial charge in [0.1, 0.15) is 0 Å². The standard InChI is InChI=1S/C11H19N3O/c1-7(2)5-11(15)12-6-10-8(3)13-14-9(10)4/h7H,5-6H2,1-4H3,(H,12,15)(H,13,14). The Morgan fingerprint density at radius 3 is 2.60 bits per heavy atom. The fourth-order valence-corrected chi connectivity index (χ4v) is 1.46. The molecule has 0 aromatic carbocycles. The molecule has 0 aliphatic rings. The Labute approximate surface area is 90.5 Å². The second kappa shape index (κ2) is 4.96. The minimum absolute atomic E-state index is 0.102. The number of nitrogens with zero attached hydrogens (tertiary/aromatic N) is 1. The van der Waals surface area contributed by atoms with Crippen molar-refractivity contribution in [3.05, 3.63) is 17.0 Å². The van der Waals surface area contributed by atoms with Gasteiger partial charge in [0.25, 0.3) is 0 Å². The summed E-state index contributed by atoms with van der Waals surface area (Å²) < 4.78 is 0. The average Bonchev–Trinajstić information content (AvgIpc) is 2.42. The Morgan fingerprint density at radius 2 is 2.13 bits per heavy atom. The molecule has 0 fully saturated rings. The van der Waals surface area contributed by atoms with Gasteiger partial charge in [0, 0.05) is 24.2 Å². The maximum absolute atomic E-state index is 11.4. The van der Waals surface area contributed by atoms with Gasteiger partial charge < -0.3 is 5.32 Å². The summed E-state index contributed by atoms with van der Waals surface area (Å²) in [6.07, 6.45) is 0.579. The zero-order valence-electron chi connectivity index (χ0n) is 9.85. The summed E-state index contributed by atoms with van der Waals surface area (Å²) in [5, 5.41) is 9.88. The first-order chi connectivity index (χ1) is 7.00. The number of amides is 1. The number of carbonyl (C=O) groups excluding carboxylic acids is 1. The summed E-state index contributed by atoms with van der Waals surface area (Å²) >= 11 is 0. The van der Waals surface area contributed by atoms with Crippen LogP contribution in [0.3, 0.4) is 0 Å². The lowest BCUT2D eigenvalue weighted by molar-refractivity contribution is -0.121. The van der Waals surface area contributed by atoms with E-state index in [4.69, 9.17) is 0 Å². The van der Waals surface area contributed by atoms with Gasteiger partial charge in [0.2, 0.25) is 5.91 Å². The molecule has 0 bridgehead atoms. The van der Waals surface area contributed by atoms with Crippen LogP contribution < -0.4 is 5.32 Å². The molecule has 1 heterocycles. The molecule has 0 aliphatic heterocycles. The van der Waals surface area contributed by atoms with Gasteiger partial charge in [-0.3, -0.25) is 9.89 Å². The highest BCUT2D eigenvalue weighted by molar-refractivity contribution is 5.76. The van der Waals surface area contributed by atoms with Gasteiger partial charge >= 0.3 is 0 Å². The fraction of sp³-hybridized carbons (Fsp3) is 0.636. The molecule has 0 radical (unpaired) electrons. The van der Waals surface area contributed by atoms with E-state index in [1.165, 1.54) is 0 Å². The summed E-state index contributed by atoms with van der Waals surface area (Å²) in [7, 11) is 0. The maximum Gasteiger partial charge on any atom is 0.220 e. The Balaban J connectivity index is 2.47. The van der Waals surface area contributed by atoms with E-state index in [1.807, 2.05) is 27.7 Å². The molecule has 0 atom stereocenters. The number of aromatic amines is 1. The van der Waals surface area contributed by atoms with Crippen LogP contribution in [0.2, 0.25) is 0 Å². The number of hydrogen-bond acceptors (Lipinski definition) is 2. The number of aromatic nitrogens is 2. The van der Waals surface area contributed by atoms with Crippen molar-refractivity contribution >= 4 is 5.91 Å². The van der Waals surface area contributed by atoms with Crippen LogP contribution in [-0.4, -0.2) is 16.1 Å². The van der Waals surface area contributed by atoms with Gasteiger partial charge in [-0.1, -0.05) is 13.8 Å². The molecule has 4 heteroatoms. The van der Waals surface area contributed by atoms with Crippen LogP contribution in [0.25, 0.3) is 0 Å². The van der Waals surface area contributed by atoms with Gasteiger partial charge in [0.15, 0.2) is 0 Å². The monoisotopic (exact) mass is 209 g/mol. The summed E-state index contributed by atoms with van der Waals surface area (Å²) in [4.78, 5) is 11.4. The molecule has 4 nitrogen and oxygen atoms in total. The highest BCUT2D eigenvalue weighted by Gasteiger charge is 2.08. The van der Waals surface area contributed by atoms with Gasteiger partial charge in [-0.05, 0) is 19.8 Å². The molecule has 84 valence electrons. The lowest BCUT2D eigenvalue weighted by Crippen LogP contribution is -2.24. The Hall–Kier alpha value is -1.32. The van der Waals surface area contributed by atoms with Crippen molar-refractivity contribution in [3.63, 3.8) is 0 Å². The van der Waals surface area contributed by atoms with Gasteiger partial charge in [0.05, 0.1) is 5.69 Å². The third-order valence-electron chi connectivity index (χ3n) is 2.34. The van der Waals surface area contributed by atoms with Crippen molar-refractivity contribution < 1.29 is 4.79 Å². The molecule has 0 spiro atoms. The third-order valence-corrected chi connectivity index (χ3v) is 2.34. The first-order valence-electron chi connectivity index (χ1n) is 5.27. The molecule has 0 saturated heterocycles. The highest BCUT2D eigenvalue weighted by atomic mass is 16.1. The normalized spacial score (nSPS) is 10.7. The zero-order valence-corrected chi connectivity index (χ0v) is 9.85. The molecule has 2 N–H and O–H groups in total. The molecular formula is C11H19N3O. The van der Waals surface area contributed by atoms with Crippen LogP contribution in [0.15, 0.2) is 0 Å². The molecule has 1 rings (SSSR count). The number of nitrogens with one attached hydrogen (secondary N) is 2. The topological polar surface area (TPSA) is 57.8 Å². The van der Waals surface area contributed by atoms with E-state index in [1.54, 1.807) is 0 Å². The van der Waals surface area contributed by atoms with Crippen molar-refractivity contribution in [1.29, 1.82) is 0 Å². The van der Waals surface area contributed by atoms with E-state index in [0.717, 1.165) is 17.0 Å². The van der Waals surface area contributed by atoms with E-state index >= 15 is 0 Å². The van der Waals surface area contributed by atoms with E-state index in [0.29, 0.717) is 18.9 Å². The number of H-pyrrole nitrogens is 1. The summed E-state index contributed by atoms with van der Waals surface area (Å²) in [6.45, 7) is 8.54. The third kappa shape index (κ3) is 3.38. The van der Waals surface area contributed by atoms with Gasteiger partial charge in [-0.25, -0.2) is 0 Å². The fourth-order valence-electron chi connectivity index (χ4n) is 1.46. The first-order valence-corrected chi connectivity index (χ1v) is 5.27. The van der Waals surface area contributed by atoms with Crippen LogP contribution in [0.1, 0.15) is 37.2 Å². The van der Waals surface area contributed by atoms with Gasteiger partial charge in [-0.15, -0.1) is 0 Å². The summed E-state index contributed by atoms with van der Waals surface area (Å²) in [5.41, 5.74) is 3.07. The van der Waals surface area contributed by atoms with Crippen LogP contribution >= 0.6 is 0 Å². The smallest absolute Gasteiger partial charge is 0.220 e. The predicted molar refractivity (Wildman–Crippen MR) is 59.4 cm³/mol. The number of carbonyl (C=O) groups is 1. The number of hydrogen-bond donors (Lipinski definition) is 2. The molecule has 0 saturated carbocycles. The molecule has 1 aromatic heterocycles. The highest BCUT2D eigenvalue weighted by Crippen LogP contribution is 2.08. The SMILES string of the molecule is Cc1n[nH]c(C)c1CNC(=O)CC(C)C. The second-order valence-corrected chi connectivity index (χ2v) is 4.29. The van der Waals surface area contributed by atoms with Crippen molar-refractivity contribution in [3.8, 4) is 0 Å². The van der Waals surface area contributed by atoms with Crippen LogP contribution in [0, 0.1) is 19.8 Å². The quantitative estimate of drug-likeness (QED) is 0.792. The Bertz CT molecular complexity index is 322. The Kier molecular flexibility index (Phi) is 3.88. The van der Waals surface area contributed by atoms with Crippen LogP contribution in [0.5, 0.6) is 0 Å². The summed E-state index contributed by atoms with van der Waals surface area (Å²) in [6, 6.07) is 0. The lowest BCUT2D eigenvalue weighted by Gasteiger charge is -2.07. The molecular weight excluding hydrogens is 190 g/mol. The van der Waals surface area contributed by atoms with Crippen LogP contribution in [-0.2, 0) is 11.3 Å². The minimum atomic E-state index is 0.102. The lowest BCUT2D eigenvalue weighted by atomic mass is 10.1. The van der Waals surface area contributed by atoms with E-state index in [9.17, 15) is 4.79 Å². The predicted octanol–water partition coefficient (Wildman–Crippen LogP) is 1.69. The maximum atomic E-state index is 11.4. The van der Waals surface area contributed by atoms with Crippen molar-refractivity contribution in [2.24, 2.45) is 5.92 Å². The summed E-state index contributed by atoms with van der Waals surface area (Å²) in [5.74, 6) is 0.501. The molecule has 0 aliphatic carbocycles. The number of rotatable bonds is 4. The molecule has 15 heavy (non-hydrogen) atoms. The van der Waals surface area contributed by atoms with Crippen molar-refractivity contribution in [1.82, 2.24) is 15.5 Å². The minimum Gasteiger partial charge on any atom is -0.352 e. The molecule has 0 unspecified atom stereocenters. The zero-order chi connectivity index (χ0) is 11.4. The second-order valence-electron chi connectivity index (χ2n) is 4.29. The average molecular weight is 209 g/mol. The van der Waals surface area contributed by atoms with E-state index in [2.05, 4.69) is 15.5 Å². The van der Waals surface area contributed by atoms with Gasteiger partial charge in [-0.2, -0.15) is 5.10 Å². The van der Waals surface area contributed by atoms with E-state index < -0.39 is 0 Å². The molecule has 1 aromatic rings.